The molecule has 2 atom stereocenters. The average Bonchev–Trinajstić information content (AvgIpc) is 3.44. The highest BCUT2D eigenvalue weighted by Gasteiger charge is 2.46. The standard InChI is InChI=1S/C24H25F3N6O2.2ClH/c1-34-11-12-35-19-4-2-3-15-5-7-18(29-21(15)19)23-31-30-20-8-6-16(13-33(20)23)22(24(25,26)27)32-10-9-17(28)14-32;;/h2-8,13,17,22H,9-12,14,28H2,1H3;2*1H/t17?,22-;;/m1../s1. The van der Waals surface area contributed by atoms with Crippen molar-refractivity contribution in [2.75, 3.05) is 33.4 Å². The van der Waals surface area contributed by atoms with Gasteiger partial charge < -0.3 is 15.2 Å². The van der Waals surface area contributed by atoms with E-state index in [9.17, 15) is 13.2 Å². The molecular formula is C24H27Cl2F3N6O2. The van der Waals surface area contributed by atoms with E-state index in [0.29, 0.717) is 48.1 Å². The third-order valence-corrected chi connectivity index (χ3v) is 6.13. The zero-order valence-corrected chi connectivity index (χ0v) is 21.5. The molecule has 0 bridgehead atoms. The number of pyridine rings is 2. The van der Waals surface area contributed by atoms with Crippen LogP contribution in [-0.4, -0.2) is 70.1 Å². The van der Waals surface area contributed by atoms with Crippen LogP contribution in [0, 0.1) is 0 Å². The number of methoxy groups -OCH3 is 1. The number of nitrogens with zero attached hydrogens (tertiary/aromatic N) is 5. The minimum Gasteiger partial charge on any atom is -0.489 e. The van der Waals surface area contributed by atoms with Gasteiger partial charge in [-0.1, -0.05) is 24.3 Å². The predicted octanol–water partition coefficient (Wildman–Crippen LogP) is 4.45. The molecule has 0 radical (unpaired) electrons. The van der Waals surface area contributed by atoms with Crippen LogP contribution in [-0.2, 0) is 4.74 Å². The van der Waals surface area contributed by atoms with Crippen LogP contribution in [0.5, 0.6) is 5.75 Å². The highest BCUT2D eigenvalue weighted by molar-refractivity contribution is 5.86. The Morgan fingerprint density at radius 3 is 2.59 bits per heavy atom. The van der Waals surface area contributed by atoms with E-state index < -0.39 is 12.2 Å². The van der Waals surface area contributed by atoms with E-state index in [1.165, 1.54) is 17.2 Å². The van der Waals surface area contributed by atoms with Crippen molar-refractivity contribution in [1.29, 1.82) is 0 Å². The van der Waals surface area contributed by atoms with Crippen molar-refractivity contribution in [2.24, 2.45) is 5.73 Å². The Kier molecular flexibility index (Phi) is 9.19. The Balaban J connectivity index is 0.00000190. The number of alkyl halides is 3. The first kappa shape index (κ1) is 28.9. The van der Waals surface area contributed by atoms with E-state index in [0.717, 1.165) is 5.39 Å². The van der Waals surface area contributed by atoms with Gasteiger partial charge in [0.05, 0.1) is 6.61 Å². The van der Waals surface area contributed by atoms with Crippen LogP contribution >= 0.6 is 24.8 Å². The number of nitrogens with two attached hydrogens (primary N) is 1. The molecule has 4 aromatic rings. The van der Waals surface area contributed by atoms with Crippen LogP contribution in [0.2, 0.25) is 0 Å². The summed E-state index contributed by atoms with van der Waals surface area (Å²) in [6.45, 7) is 1.26. The summed E-state index contributed by atoms with van der Waals surface area (Å²) in [5.74, 6) is 0.924. The number of rotatable bonds is 7. The van der Waals surface area contributed by atoms with Gasteiger partial charge in [-0.05, 0) is 30.2 Å². The van der Waals surface area contributed by atoms with Gasteiger partial charge in [-0.15, -0.1) is 35.0 Å². The predicted molar refractivity (Wildman–Crippen MR) is 139 cm³/mol. The fraction of sp³-hybridized carbons (Fsp3) is 0.375. The van der Waals surface area contributed by atoms with Crippen LogP contribution in [0.15, 0.2) is 48.7 Å². The van der Waals surface area contributed by atoms with Gasteiger partial charge in [0.2, 0.25) is 0 Å². The van der Waals surface area contributed by atoms with Crippen molar-refractivity contribution in [1.82, 2.24) is 24.5 Å². The largest absolute Gasteiger partial charge is 0.489 e. The molecule has 8 nitrogen and oxygen atoms in total. The normalized spacial score (nSPS) is 16.9. The molecule has 4 heterocycles. The monoisotopic (exact) mass is 558 g/mol. The molecule has 2 N–H and O–H groups in total. The third-order valence-electron chi connectivity index (χ3n) is 6.13. The topological polar surface area (TPSA) is 90.8 Å². The van der Waals surface area contributed by atoms with Crippen LogP contribution in [0.3, 0.4) is 0 Å². The number of aromatic nitrogens is 4. The summed E-state index contributed by atoms with van der Waals surface area (Å²) >= 11 is 0. The number of para-hydroxylation sites is 1. The maximum Gasteiger partial charge on any atom is 0.408 e. The molecule has 1 fully saturated rings. The molecule has 5 rings (SSSR count). The SMILES string of the molecule is COCCOc1cccc2ccc(-c3nnc4ccc([C@@H](N5CCC(N)C5)C(F)(F)F)cn34)nc12.Cl.Cl. The van der Waals surface area contributed by atoms with Gasteiger partial charge in [0.1, 0.15) is 29.6 Å². The van der Waals surface area contributed by atoms with Crippen molar-refractivity contribution < 1.29 is 22.6 Å². The van der Waals surface area contributed by atoms with E-state index in [1.54, 1.807) is 23.6 Å². The molecule has 0 spiro atoms. The number of likely N-dealkylation sites (tertiary alicyclic amines) is 1. The number of benzene rings is 1. The van der Waals surface area contributed by atoms with E-state index in [1.807, 2.05) is 24.3 Å². The van der Waals surface area contributed by atoms with Crippen molar-refractivity contribution >= 4 is 41.4 Å². The Bertz CT molecular complexity index is 1350. The fourth-order valence-electron chi connectivity index (χ4n) is 4.50. The Hall–Kier alpha value is -2.70. The lowest BCUT2D eigenvalue weighted by molar-refractivity contribution is -0.183. The molecule has 200 valence electrons. The lowest BCUT2D eigenvalue weighted by atomic mass is 10.1. The van der Waals surface area contributed by atoms with Crippen molar-refractivity contribution in [3.05, 3.63) is 54.2 Å². The maximum absolute atomic E-state index is 14.1. The summed E-state index contributed by atoms with van der Waals surface area (Å²) in [5, 5.41) is 9.23. The number of hydrogen-bond donors (Lipinski definition) is 1. The van der Waals surface area contributed by atoms with Crippen molar-refractivity contribution in [3.8, 4) is 17.3 Å². The molecule has 1 unspecified atom stereocenters. The Morgan fingerprint density at radius 1 is 1.08 bits per heavy atom. The minimum absolute atomic E-state index is 0. The lowest BCUT2D eigenvalue weighted by Gasteiger charge is -2.30. The Labute approximate surface area is 223 Å². The van der Waals surface area contributed by atoms with Gasteiger partial charge in [-0.3, -0.25) is 9.30 Å². The third kappa shape index (κ3) is 5.91. The molecule has 13 heteroatoms. The molecule has 0 saturated carbocycles. The molecule has 1 saturated heterocycles. The number of fused-ring (bicyclic) bond motifs is 2. The first-order valence-corrected chi connectivity index (χ1v) is 11.3. The summed E-state index contributed by atoms with van der Waals surface area (Å²) in [6, 6.07) is 10.2. The smallest absolute Gasteiger partial charge is 0.408 e. The van der Waals surface area contributed by atoms with Crippen LogP contribution in [0.1, 0.15) is 18.0 Å². The molecular weight excluding hydrogens is 532 g/mol. The van der Waals surface area contributed by atoms with E-state index in [-0.39, 0.29) is 49.5 Å². The van der Waals surface area contributed by atoms with Crippen LogP contribution in [0.25, 0.3) is 28.1 Å². The molecule has 1 aliphatic rings. The zero-order valence-electron chi connectivity index (χ0n) is 19.9. The van der Waals surface area contributed by atoms with Gasteiger partial charge in [0.25, 0.3) is 0 Å². The molecule has 1 aliphatic heterocycles. The van der Waals surface area contributed by atoms with E-state index in [2.05, 4.69) is 10.2 Å². The quantitative estimate of drug-likeness (QED) is 0.335. The molecule has 1 aromatic carbocycles. The minimum atomic E-state index is -4.46. The highest BCUT2D eigenvalue weighted by Crippen LogP contribution is 2.39. The van der Waals surface area contributed by atoms with E-state index in [4.69, 9.17) is 20.2 Å². The number of halogens is 5. The van der Waals surface area contributed by atoms with Crippen molar-refractivity contribution in [2.45, 2.75) is 24.7 Å². The van der Waals surface area contributed by atoms with Crippen LogP contribution in [0.4, 0.5) is 13.2 Å². The maximum atomic E-state index is 14.1. The highest BCUT2D eigenvalue weighted by atomic mass is 35.5. The second-order valence-corrected chi connectivity index (χ2v) is 8.57. The second-order valence-electron chi connectivity index (χ2n) is 8.57. The van der Waals surface area contributed by atoms with Gasteiger partial charge >= 0.3 is 6.18 Å². The van der Waals surface area contributed by atoms with Gasteiger partial charge in [-0.25, -0.2) is 4.98 Å². The van der Waals surface area contributed by atoms with Gasteiger partial charge in [-0.2, -0.15) is 13.2 Å². The van der Waals surface area contributed by atoms with Gasteiger partial charge in [0.15, 0.2) is 11.5 Å². The first-order chi connectivity index (χ1) is 16.8. The van der Waals surface area contributed by atoms with E-state index >= 15 is 0 Å². The van der Waals surface area contributed by atoms with Crippen LogP contribution < -0.4 is 10.5 Å². The molecule has 37 heavy (non-hydrogen) atoms. The summed E-state index contributed by atoms with van der Waals surface area (Å²) < 4.78 is 54.8. The average molecular weight is 559 g/mol. The second kappa shape index (κ2) is 11.8. The van der Waals surface area contributed by atoms with Gasteiger partial charge in [0, 0.05) is 37.8 Å². The summed E-state index contributed by atoms with van der Waals surface area (Å²) in [4.78, 5) is 6.10. The first-order valence-electron chi connectivity index (χ1n) is 11.3. The summed E-state index contributed by atoms with van der Waals surface area (Å²) in [5.41, 5.74) is 7.51. The number of ether oxygens (including phenoxy) is 2. The Morgan fingerprint density at radius 2 is 1.89 bits per heavy atom. The summed E-state index contributed by atoms with van der Waals surface area (Å²) in [6.07, 6.45) is -2.48. The summed E-state index contributed by atoms with van der Waals surface area (Å²) in [7, 11) is 1.59. The fourth-order valence-corrected chi connectivity index (χ4v) is 4.50. The zero-order chi connectivity index (χ0) is 24.6. The molecule has 3 aromatic heterocycles. The van der Waals surface area contributed by atoms with Crippen molar-refractivity contribution in [3.63, 3.8) is 0 Å². The number of hydrogen-bond acceptors (Lipinski definition) is 7. The molecule has 0 aliphatic carbocycles. The lowest BCUT2D eigenvalue weighted by Crippen LogP contribution is -2.38. The molecule has 0 amide bonds.